The number of aromatic nitrogens is 1. The number of hydrogen-bond acceptors (Lipinski definition) is 5. The summed E-state index contributed by atoms with van der Waals surface area (Å²) in [5.74, 6) is 1.09. The van der Waals surface area contributed by atoms with Gasteiger partial charge in [0, 0.05) is 23.0 Å². The molecule has 0 atom stereocenters. The third-order valence-corrected chi connectivity index (χ3v) is 5.13. The number of hydrogen-bond donors (Lipinski definition) is 2. The van der Waals surface area contributed by atoms with Gasteiger partial charge in [0.25, 0.3) is 5.91 Å². The molecule has 0 radical (unpaired) electrons. The lowest BCUT2D eigenvalue weighted by Crippen LogP contribution is -2.22. The van der Waals surface area contributed by atoms with Gasteiger partial charge in [0.05, 0.1) is 0 Å². The molecule has 0 saturated heterocycles. The average molecular weight is 568 g/mol. The number of allylic oxidation sites excluding steroid dienone is 8. The summed E-state index contributed by atoms with van der Waals surface area (Å²) in [6.45, 7) is 20.8. The van der Waals surface area contributed by atoms with Crippen LogP contribution in [-0.2, 0) is 14.3 Å². The standard InChI is InChI=1S/C25H27NO2.C5H6N2.C4H6O.C2H6/c1-5-19(2)14-15-20(3)25(27)26-24-13-9-10-22(16-17-24)18-28-21(4)23-11-7-6-8-12-23;6-5-3-1-2-4-7-5;1-4(2)3-5;1-2/h5-8,10-17H,1,4,9,18H2,2-3H3,(H,26,27);1-4H,(H2,6,7);3H,1H2,2H3;1-2H3/b19-14-,20-15+;;;. The molecule has 0 aliphatic heterocycles. The van der Waals surface area contributed by atoms with Gasteiger partial charge in [-0.15, -0.1) is 0 Å². The fourth-order valence-corrected chi connectivity index (χ4v) is 2.75. The number of nitrogens with two attached hydrogens (primary N) is 1. The van der Waals surface area contributed by atoms with Crippen LogP contribution in [0.2, 0.25) is 0 Å². The molecule has 6 nitrogen and oxygen atoms in total. The molecule has 0 unspecified atom stereocenters. The summed E-state index contributed by atoms with van der Waals surface area (Å²) in [5.41, 5.74) is 10.2. The Morgan fingerprint density at radius 2 is 1.64 bits per heavy atom. The van der Waals surface area contributed by atoms with Crippen LogP contribution in [0, 0.1) is 0 Å². The van der Waals surface area contributed by atoms with Gasteiger partial charge in [-0.3, -0.25) is 9.59 Å². The second kappa shape index (κ2) is 22.8. The molecular weight excluding hydrogens is 522 g/mol. The number of anilines is 1. The SMILES string of the molecule is C=C(C)C=O.C=C/C(C)=C\C=C(/C)C(=O)NC1=CCC=C(COC(=C)c2ccccc2)C=C1.CC.Nc1ccccn1. The molecule has 0 fully saturated rings. The van der Waals surface area contributed by atoms with Crippen LogP contribution in [0.3, 0.4) is 0 Å². The number of nitrogen functional groups attached to an aromatic ring is 1. The number of pyridine rings is 1. The van der Waals surface area contributed by atoms with Crippen molar-refractivity contribution >= 4 is 23.8 Å². The maximum atomic E-state index is 12.3. The molecule has 1 amide bonds. The zero-order valence-corrected chi connectivity index (χ0v) is 25.6. The van der Waals surface area contributed by atoms with Crippen LogP contribution in [0.15, 0.2) is 145 Å². The monoisotopic (exact) mass is 567 g/mol. The van der Waals surface area contributed by atoms with E-state index in [1.165, 1.54) is 0 Å². The zero-order valence-electron chi connectivity index (χ0n) is 25.6. The summed E-state index contributed by atoms with van der Waals surface area (Å²) < 4.78 is 5.79. The Kier molecular flexibility index (Phi) is 20.1. The van der Waals surface area contributed by atoms with Gasteiger partial charge in [-0.2, -0.15) is 0 Å². The first-order valence-corrected chi connectivity index (χ1v) is 13.7. The van der Waals surface area contributed by atoms with Crippen LogP contribution in [0.5, 0.6) is 0 Å². The number of ether oxygens (including phenoxy) is 1. The Hall–Kier alpha value is -4.97. The summed E-state index contributed by atoms with van der Waals surface area (Å²) in [6.07, 6.45) is 16.4. The van der Waals surface area contributed by atoms with Crippen molar-refractivity contribution in [2.45, 2.75) is 41.0 Å². The third kappa shape index (κ3) is 17.6. The Morgan fingerprint density at radius 1 is 1.00 bits per heavy atom. The van der Waals surface area contributed by atoms with Crippen molar-refractivity contribution in [2.75, 3.05) is 12.3 Å². The van der Waals surface area contributed by atoms with E-state index >= 15 is 0 Å². The normalized spacial score (nSPS) is 12.0. The fraction of sp³-hybridized carbons (Fsp3) is 0.194. The van der Waals surface area contributed by atoms with E-state index in [2.05, 4.69) is 36.1 Å². The van der Waals surface area contributed by atoms with E-state index in [-0.39, 0.29) is 5.91 Å². The first-order chi connectivity index (χ1) is 20.2. The lowest BCUT2D eigenvalue weighted by atomic mass is 10.2. The summed E-state index contributed by atoms with van der Waals surface area (Å²) in [7, 11) is 0. The Bertz CT molecular complexity index is 1300. The summed E-state index contributed by atoms with van der Waals surface area (Å²) in [6, 6.07) is 15.2. The summed E-state index contributed by atoms with van der Waals surface area (Å²) in [5, 5.41) is 2.93. The number of amides is 1. The predicted octanol–water partition coefficient (Wildman–Crippen LogP) is 8.09. The number of nitrogens with one attached hydrogen (secondary N) is 1. The molecule has 6 heteroatoms. The number of rotatable bonds is 9. The van der Waals surface area contributed by atoms with Gasteiger partial charge in [0.1, 0.15) is 24.5 Å². The van der Waals surface area contributed by atoms with Crippen LogP contribution >= 0.6 is 0 Å². The van der Waals surface area contributed by atoms with Crippen molar-refractivity contribution in [1.29, 1.82) is 0 Å². The molecule has 1 aliphatic carbocycles. The van der Waals surface area contributed by atoms with Gasteiger partial charge in [-0.05, 0) is 56.5 Å². The Morgan fingerprint density at radius 3 is 2.17 bits per heavy atom. The van der Waals surface area contributed by atoms with Crippen molar-refractivity contribution in [3.63, 3.8) is 0 Å². The number of carbonyl (C=O) groups excluding carboxylic acids is 2. The number of benzene rings is 1. The molecule has 222 valence electrons. The second-order valence-corrected chi connectivity index (χ2v) is 8.72. The molecule has 3 rings (SSSR count). The first kappa shape index (κ1) is 37.0. The quantitative estimate of drug-likeness (QED) is 0.138. The molecular formula is C36H45N3O3. The second-order valence-electron chi connectivity index (χ2n) is 8.72. The van der Waals surface area contributed by atoms with Gasteiger partial charge in [-0.25, -0.2) is 4.98 Å². The van der Waals surface area contributed by atoms with Gasteiger partial charge < -0.3 is 15.8 Å². The van der Waals surface area contributed by atoms with Crippen LogP contribution in [0.25, 0.3) is 5.76 Å². The number of aldehydes is 1. The molecule has 3 N–H and O–H groups in total. The van der Waals surface area contributed by atoms with Gasteiger partial charge in [-0.1, -0.05) is 112 Å². The Balaban J connectivity index is 0.000000986. The van der Waals surface area contributed by atoms with E-state index < -0.39 is 0 Å². The highest BCUT2D eigenvalue weighted by atomic mass is 16.5. The van der Waals surface area contributed by atoms with E-state index in [9.17, 15) is 9.59 Å². The summed E-state index contributed by atoms with van der Waals surface area (Å²) >= 11 is 0. The average Bonchev–Trinajstić information content (AvgIpc) is 3.25. The summed E-state index contributed by atoms with van der Waals surface area (Å²) in [4.78, 5) is 25.5. The largest absolute Gasteiger partial charge is 0.489 e. The maximum Gasteiger partial charge on any atom is 0.251 e. The molecule has 1 aliphatic rings. The molecule has 1 aromatic carbocycles. The van der Waals surface area contributed by atoms with E-state index in [0.29, 0.717) is 29.3 Å². The van der Waals surface area contributed by atoms with Crippen LogP contribution < -0.4 is 11.1 Å². The zero-order chi connectivity index (χ0) is 31.8. The van der Waals surface area contributed by atoms with E-state index in [0.717, 1.165) is 35.1 Å². The number of carbonyl (C=O) groups is 2. The van der Waals surface area contributed by atoms with Crippen LogP contribution in [-0.4, -0.2) is 23.8 Å². The predicted molar refractivity (Wildman–Crippen MR) is 178 cm³/mol. The highest BCUT2D eigenvalue weighted by molar-refractivity contribution is 5.94. The number of nitrogens with zero attached hydrogens (tertiary/aromatic N) is 1. The molecule has 0 bridgehead atoms. The van der Waals surface area contributed by atoms with Crippen LogP contribution in [0.4, 0.5) is 5.82 Å². The first-order valence-electron chi connectivity index (χ1n) is 13.7. The third-order valence-electron chi connectivity index (χ3n) is 5.13. The van der Waals surface area contributed by atoms with E-state index in [1.807, 2.05) is 87.5 Å². The lowest BCUT2D eigenvalue weighted by Gasteiger charge is -2.09. The lowest BCUT2D eigenvalue weighted by molar-refractivity contribution is -0.116. The molecule has 42 heavy (non-hydrogen) atoms. The highest BCUT2D eigenvalue weighted by Crippen LogP contribution is 2.16. The minimum atomic E-state index is -0.124. The molecule has 1 aromatic heterocycles. The topological polar surface area (TPSA) is 94.3 Å². The Labute approximate surface area is 252 Å². The van der Waals surface area contributed by atoms with Crippen molar-refractivity contribution < 1.29 is 14.3 Å². The van der Waals surface area contributed by atoms with Crippen molar-refractivity contribution in [2.24, 2.45) is 0 Å². The molecule has 0 saturated carbocycles. The maximum absolute atomic E-state index is 12.3. The van der Waals surface area contributed by atoms with Gasteiger partial charge >= 0.3 is 0 Å². The molecule has 0 spiro atoms. The van der Waals surface area contributed by atoms with Crippen LogP contribution in [0.1, 0.15) is 46.6 Å². The van der Waals surface area contributed by atoms with Gasteiger partial charge in [0.15, 0.2) is 0 Å². The molecule has 1 heterocycles. The fourth-order valence-electron chi connectivity index (χ4n) is 2.75. The highest BCUT2D eigenvalue weighted by Gasteiger charge is 2.07. The minimum absolute atomic E-state index is 0.124. The van der Waals surface area contributed by atoms with E-state index in [4.69, 9.17) is 10.5 Å². The van der Waals surface area contributed by atoms with Gasteiger partial charge in [0.2, 0.25) is 0 Å². The molecule has 2 aromatic rings. The van der Waals surface area contributed by atoms with Crippen molar-refractivity contribution in [3.8, 4) is 0 Å². The van der Waals surface area contributed by atoms with Crippen molar-refractivity contribution in [3.05, 3.63) is 151 Å². The minimum Gasteiger partial charge on any atom is -0.489 e. The van der Waals surface area contributed by atoms with Crippen molar-refractivity contribution in [1.82, 2.24) is 10.3 Å². The smallest absolute Gasteiger partial charge is 0.251 e. The van der Waals surface area contributed by atoms with E-state index in [1.54, 1.807) is 38.3 Å².